The first kappa shape index (κ1) is 31.2. The van der Waals surface area contributed by atoms with Crippen molar-refractivity contribution in [2.45, 2.75) is 88.5 Å². The van der Waals surface area contributed by atoms with E-state index in [1.807, 2.05) is 0 Å². The number of hydrogen-bond donors (Lipinski definition) is 0. The van der Waals surface area contributed by atoms with Gasteiger partial charge in [0.2, 0.25) is 0 Å². The van der Waals surface area contributed by atoms with Crippen molar-refractivity contribution in [1.82, 2.24) is 0 Å². The Morgan fingerprint density at radius 1 is 0.390 bits per heavy atom. The van der Waals surface area contributed by atoms with Crippen LogP contribution in [0.2, 0.25) is 0 Å². The maximum absolute atomic E-state index is 11.4. The molecule has 0 aliphatic rings. The normalized spacial score (nSPS) is 11.6. The van der Waals surface area contributed by atoms with Crippen molar-refractivity contribution in [3.8, 4) is 6.07 Å². The molecule has 4 aromatic rings. The Labute approximate surface area is 251 Å². The standard InChI is InChI=1S/C38H45NP2/c1-22-13-26(5)35(27(6)14-22)40(36-28(7)15-23(2)16-29(36)8)34(21-39)41(37-30(9)17-24(3)18-31(37)10)38-32(11)19-25(4)20-33(38)12/h13-20,34H,1-12H3. The van der Waals surface area contributed by atoms with Crippen LogP contribution in [0.5, 0.6) is 0 Å². The molecule has 0 spiro atoms. The van der Waals surface area contributed by atoms with Gasteiger partial charge in [-0.1, -0.05) is 70.8 Å². The molecule has 0 saturated heterocycles. The average molecular weight is 578 g/mol. The highest BCUT2D eigenvalue weighted by atomic mass is 31.2. The fourth-order valence-electron chi connectivity index (χ4n) is 7.15. The summed E-state index contributed by atoms with van der Waals surface area (Å²) < 4.78 is 0. The molecule has 3 heteroatoms. The van der Waals surface area contributed by atoms with E-state index in [0.717, 1.165) is 0 Å². The van der Waals surface area contributed by atoms with E-state index in [-0.39, 0.29) is 5.40 Å². The molecule has 212 valence electrons. The Morgan fingerprint density at radius 2 is 0.561 bits per heavy atom. The zero-order chi connectivity index (χ0) is 30.3. The van der Waals surface area contributed by atoms with Crippen LogP contribution >= 0.6 is 15.8 Å². The van der Waals surface area contributed by atoms with Crippen molar-refractivity contribution >= 4 is 37.1 Å². The van der Waals surface area contributed by atoms with Crippen LogP contribution in [0.15, 0.2) is 48.5 Å². The second-order valence-electron chi connectivity index (χ2n) is 12.2. The molecule has 1 nitrogen and oxygen atoms in total. The van der Waals surface area contributed by atoms with Gasteiger partial charge < -0.3 is 0 Å². The molecule has 0 N–H and O–H groups in total. The summed E-state index contributed by atoms with van der Waals surface area (Å²) in [5.41, 5.74) is 15.5. The van der Waals surface area contributed by atoms with E-state index in [1.54, 1.807) is 0 Å². The number of hydrogen-bond acceptors (Lipinski definition) is 1. The lowest BCUT2D eigenvalue weighted by Gasteiger charge is -2.37. The predicted molar refractivity (Wildman–Crippen MR) is 184 cm³/mol. The van der Waals surface area contributed by atoms with Crippen molar-refractivity contribution in [3.05, 3.63) is 115 Å². The minimum absolute atomic E-state index is 0.180. The molecule has 0 aliphatic carbocycles. The zero-order valence-electron chi connectivity index (χ0n) is 27.0. The van der Waals surface area contributed by atoms with Crippen LogP contribution in [-0.4, -0.2) is 5.40 Å². The third kappa shape index (κ3) is 6.07. The number of aryl methyl sites for hydroxylation is 12. The first-order valence-electron chi connectivity index (χ1n) is 14.5. The molecular formula is C38H45NP2. The fraction of sp³-hybridized carbons (Fsp3) is 0.342. The van der Waals surface area contributed by atoms with Gasteiger partial charge in [-0.15, -0.1) is 0 Å². The molecule has 0 saturated carbocycles. The molecule has 0 unspecified atom stereocenters. The number of nitrogens with zero attached hydrogens (tertiary/aromatic N) is 1. The van der Waals surface area contributed by atoms with Crippen LogP contribution in [0.3, 0.4) is 0 Å². The van der Waals surface area contributed by atoms with E-state index in [9.17, 15) is 5.26 Å². The third-order valence-corrected chi connectivity index (χ3v) is 15.5. The van der Waals surface area contributed by atoms with Gasteiger partial charge in [-0.05, 0) is 165 Å². The lowest BCUT2D eigenvalue weighted by atomic mass is 10.1. The van der Waals surface area contributed by atoms with Crippen molar-refractivity contribution in [2.75, 3.05) is 0 Å². The molecule has 0 radical (unpaired) electrons. The Hall–Kier alpha value is -2.77. The molecule has 0 aromatic heterocycles. The largest absolute Gasteiger partial charge is 0.197 e. The minimum Gasteiger partial charge on any atom is -0.197 e. The number of benzene rings is 4. The highest BCUT2D eigenvalue weighted by molar-refractivity contribution is 7.90. The van der Waals surface area contributed by atoms with E-state index in [4.69, 9.17) is 0 Å². The van der Waals surface area contributed by atoms with Gasteiger partial charge in [-0.25, -0.2) is 0 Å². The molecule has 41 heavy (non-hydrogen) atoms. The molecule has 0 atom stereocenters. The Balaban J connectivity index is 2.19. The van der Waals surface area contributed by atoms with E-state index in [1.165, 1.54) is 88.0 Å². The van der Waals surface area contributed by atoms with Crippen LogP contribution in [-0.2, 0) is 0 Å². The molecule has 0 amide bonds. The van der Waals surface area contributed by atoms with Crippen LogP contribution < -0.4 is 21.2 Å². The van der Waals surface area contributed by atoms with Gasteiger partial charge in [0, 0.05) is 0 Å². The first-order chi connectivity index (χ1) is 19.2. The van der Waals surface area contributed by atoms with Crippen LogP contribution in [0.1, 0.15) is 66.8 Å². The highest BCUT2D eigenvalue weighted by Crippen LogP contribution is 2.59. The quantitative estimate of drug-likeness (QED) is 0.210. The summed E-state index contributed by atoms with van der Waals surface area (Å²) in [4.78, 5) is 0. The Kier molecular flexibility index (Phi) is 9.29. The monoisotopic (exact) mass is 577 g/mol. The first-order valence-corrected chi connectivity index (χ1v) is 17.4. The smallest absolute Gasteiger partial charge is 0.102 e. The average Bonchev–Trinajstić information content (AvgIpc) is 2.81. The second-order valence-corrected chi connectivity index (χ2v) is 16.9. The van der Waals surface area contributed by atoms with Gasteiger partial charge in [-0.2, -0.15) is 5.26 Å². The molecule has 0 heterocycles. The van der Waals surface area contributed by atoms with Gasteiger partial charge in [0.1, 0.15) is 5.40 Å². The summed E-state index contributed by atoms with van der Waals surface area (Å²) in [6, 6.07) is 21.6. The summed E-state index contributed by atoms with van der Waals surface area (Å²) in [6.45, 7) is 26.8. The summed E-state index contributed by atoms with van der Waals surface area (Å²) in [5, 5.41) is 16.8. The van der Waals surface area contributed by atoms with Gasteiger partial charge in [0.05, 0.1) is 6.07 Å². The van der Waals surface area contributed by atoms with Crippen LogP contribution in [0, 0.1) is 94.4 Å². The Morgan fingerprint density at radius 3 is 0.707 bits per heavy atom. The SMILES string of the molecule is Cc1cc(C)c(P(c2c(C)cc(C)cc2C)C(C#N)P(c2c(C)cc(C)cc2C)c2c(C)cc(C)cc2C)c(C)c1. The highest BCUT2D eigenvalue weighted by Gasteiger charge is 2.39. The van der Waals surface area contributed by atoms with E-state index >= 15 is 0 Å². The van der Waals surface area contributed by atoms with Crippen molar-refractivity contribution < 1.29 is 0 Å². The number of nitriles is 1. The lowest BCUT2D eigenvalue weighted by Crippen LogP contribution is -2.33. The fourth-order valence-corrected chi connectivity index (χ4v) is 14.7. The maximum Gasteiger partial charge on any atom is 0.102 e. The number of rotatable bonds is 6. The summed E-state index contributed by atoms with van der Waals surface area (Å²) in [7, 11) is -2.01. The summed E-state index contributed by atoms with van der Waals surface area (Å²) in [6.07, 6.45) is 0. The van der Waals surface area contributed by atoms with Gasteiger partial charge in [0.25, 0.3) is 0 Å². The summed E-state index contributed by atoms with van der Waals surface area (Å²) in [5.74, 6) is 0. The van der Waals surface area contributed by atoms with Crippen LogP contribution in [0.4, 0.5) is 0 Å². The minimum atomic E-state index is -1.01. The van der Waals surface area contributed by atoms with Gasteiger partial charge in [0.15, 0.2) is 0 Å². The topological polar surface area (TPSA) is 23.8 Å². The van der Waals surface area contributed by atoms with Crippen molar-refractivity contribution in [1.29, 1.82) is 5.26 Å². The molecule has 4 aromatic carbocycles. The third-order valence-electron chi connectivity index (χ3n) is 8.11. The van der Waals surface area contributed by atoms with Gasteiger partial charge >= 0.3 is 0 Å². The predicted octanol–water partition coefficient (Wildman–Crippen LogP) is 8.80. The second kappa shape index (κ2) is 12.2. The molecule has 0 bridgehead atoms. The molecule has 4 rings (SSSR count). The van der Waals surface area contributed by atoms with Crippen molar-refractivity contribution in [2.24, 2.45) is 0 Å². The van der Waals surface area contributed by atoms with Gasteiger partial charge in [-0.3, -0.25) is 0 Å². The van der Waals surface area contributed by atoms with E-state index in [0.29, 0.717) is 0 Å². The van der Waals surface area contributed by atoms with Crippen molar-refractivity contribution in [3.63, 3.8) is 0 Å². The molecule has 0 fully saturated rings. The molecular weight excluding hydrogens is 532 g/mol. The summed E-state index contributed by atoms with van der Waals surface area (Å²) >= 11 is 0. The maximum atomic E-state index is 11.4. The molecule has 0 aliphatic heterocycles. The zero-order valence-corrected chi connectivity index (χ0v) is 28.8. The lowest BCUT2D eigenvalue weighted by molar-refractivity contribution is 1.33. The van der Waals surface area contributed by atoms with Crippen LogP contribution in [0.25, 0.3) is 0 Å². The van der Waals surface area contributed by atoms with E-state index < -0.39 is 15.8 Å². The van der Waals surface area contributed by atoms with E-state index in [2.05, 4.69) is 138 Å². The Bertz CT molecular complexity index is 1360.